The van der Waals surface area contributed by atoms with E-state index in [-0.39, 0.29) is 0 Å². The van der Waals surface area contributed by atoms with Gasteiger partial charge in [0.1, 0.15) is 0 Å². The summed E-state index contributed by atoms with van der Waals surface area (Å²) in [6, 6.07) is 6.01. The molecule has 3 nitrogen and oxygen atoms in total. The second kappa shape index (κ2) is 4.26. The minimum absolute atomic E-state index is 0.874. The van der Waals surface area contributed by atoms with Gasteiger partial charge in [-0.2, -0.15) is 5.10 Å². The third kappa shape index (κ3) is 2.43. The van der Waals surface area contributed by atoms with E-state index < -0.39 is 0 Å². The minimum Gasteiger partial charge on any atom is -0.237 e. The molecule has 0 N–H and O–H groups in total. The van der Waals surface area contributed by atoms with Gasteiger partial charge in [-0.25, -0.2) is 9.67 Å². The topological polar surface area (TPSA) is 30.7 Å². The molecule has 0 saturated carbocycles. The molecule has 77 valence electrons. The van der Waals surface area contributed by atoms with Crippen molar-refractivity contribution < 1.29 is 0 Å². The molecule has 0 fully saturated rings. The van der Waals surface area contributed by atoms with Crippen molar-refractivity contribution >= 4 is 0 Å². The van der Waals surface area contributed by atoms with E-state index in [4.69, 9.17) is 0 Å². The fourth-order valence-electron chi connectivity index (χ4n) is 1.51. The average Bonchev–Trinajstić information content (AvgIpc) is 2.69. The van der Waals surface area contributed by atoms with Crippen LogP contribution < -0.4 is 0 Å². The van der Waals surface area contributed by atoms with Crippen LogP contribution in [-0.2, 0) is 6.42 Å². The Morgan fingerprint density at radius 3 is 2.87 bits per heavy atom. The normalized spacial score (nSPS) is 10.9. The predicted molar refractivity (Wildman–Crippen MR) is 59.7 cm³/mol. The molecule has 0 aliphatic heterocycles. The van der Waals surface area contributed by atoms with E-state index in [0.717, 1.165) is 12.2 Å². The first-order valence-electron chi connectivity index (χ1n) is 4.99. The molecule has 0 aliphatic carbocycles. The van der Waals surface area contributed by atoms with E-state index >= 15 is 0 Å². The van der Waals surface area contributed by atoms with Crippen LogP contribution in [0.15, 0.2) is 36.8 Å². The zero-order valence-electron chi connectivity index (χ0n) is 9.01. The fourth-order valence-corrected chi connectivity index (χ4v) is 1.51. The first-order chi connectivity index (χ1) is 7.25. The van der Waals surface area contributed by atoms with Crippen LogP contribution in [0.2, 0.25) is 0 Å². The molecule has 2 aromatic rings. The summed E-state index contributed by atoms with van der Waals surface area (Å²) in [6.07, 6.45) is 6.48. The summed E-state index contributed by atoms with van der Waals surface area (Å²) >= 11 is 0. The van der Waals surface area contributed by atoms with Crippen molar-refractivity contribution in [3.8, 4) is 5.82 Å². The highest BCUT2D eigenvalue weighted by atomic mass is 15.3. The van der Waals surface area contributed by atoms with Gasteiger partial charge in [0, 0.05) is 18.6 Å². The maximum absolute atomic E-state index is 4.28. The van der Waals surface area contributed by atoms with Gasteiger partial charge in [0.15, 0.2) is 5.82 Å². The van der Waals surface area contributed by atoms with Crippen molar-refractivity contribution in [3.05, 3.63) is 48.3 Å². The molecular weight excluding hydrogens is 186 g/mol. The van der Waals surface area contributed by atoms with E-state index in [1.54, 1.807) is 10.9 Å². The molecule has 0 atom stereocenters. The number of hydrogen-bond donors (Lipinski definition) is 0. The predicted octanol–water partition coefficient (Wildman–Crippen LogP) is 2.42. The summed E-state index contributed by atoms with van der Waals surface area (Å²) in [5.41, 5.74) is 1.27. The first-order valence-corrected chi connectivity index (χ1v) is 4.99. The third-order valence-corrected chi connectivity index (χ3v) is 2.11. The Balaban J connectivity index is 2.27. The van der Waals surface area contributed by atoms with Crippen LogP contribution in [0.5, 0.6) is 0 Å². The Hall–Kier alpha value is -1.64. The van der Waals surface area contributed by atoms with E-state index in [1.807, 2.05) is 24.5 Å². The number of hydrogen-bond acceptors (Lipinski definition) is 2. The van der Waals surface area contributed by atoms with Crippen LogP contribution in [0.3, 0.4) is 0 Å². The maximum atomic E-state index is 4.28. The SMILES string of the molecule is C[C](C)Cc1ccnc(-n2cccn2)c1. The van der Waals surface area contributed by atoms with Crippen molar-refractivity contribution in [3.63, 3.8) is 0 Å². The highest BCUT2D eigenvalue weighted by molar-refractivity contribution is 5.28. The lowest BCUT2D eigenvalue weighted by Crippen LogP contribution is -2.00. The molecule has 0 spiro atoms. The monoisotopic (exact) mass is 200 g/mol. The van der Waals surface area contributed by atoms with Gasteiger partial charge >= 0.3 is 0 Å². The molecule has 2 rings (SSSR count). The molecule has 0 amide bonds. The second-order valence-corrected chi connectivity index (χ2v) is 3.86. The molecule has 3 heteroatoms. The fraction of sp³-hybridized carbons (Fsp3) is 0.250. The van der Waals surface area contributed by atoms with E-state index in [1.165, 1.54) is 11.5 Å². The Bertz CT molecular complexity index is 418. The molecule has 0 aliphatic rings. The van der Waals surface area contributed by atoms with Crippen LogP contribution in [0.1, 0.15) is 19.4 Å². The second-order valence-electron chi connectivity index (χ2n) is 3.86. The quantitative estimate of drug-likeness (QED) is 0.761. The number of nitrogens with zero attached hydrogens (tertiary/aromatic N) is 3. The van der Waals surface area contributed by atoms with Crippen molar-refractivity contribution in [2.45, 2.75) is 20.3 Å². The Morgan fingerprint density at radius 1 is 1.33 bits per heavy atom. The zero-order chi connectivity index (χ0) is 10.7. The summed E-state index contributed by atoms with van der Waals surface area (Å²) in [7, 11) is 0. The van der Waals surface area contributed by atoms with Gasteiger partial charge in [-0.05, 0) is 36.1 Å². The number of rotatable bonds is 3. The van der Waals surface area contributed by atoms with E-state index in [2.05, 4.69) is 30.0 Å². The number of aromatic nitrogens is 3. The Kier molecular flexibility index (Phi) is 2.81. The van der Waals surface area contributed by atoms with Gasteiger partial charge in [0.05, 0.1) is 0 Å². The Morgan fingerprint density at radius 2 is 2.20 bits per heavy atom. The van der Waals surface area contributed by atoms with Crippen molar-refractivity contribution in [1.29, 1.82) is 0 Å². The van der Waals surface area contributed by atoms with Gasteiger partial charge in [0.2, 0.25) is 0 Å². The first kappa shape index (κ1) is 9.90. The van der Waals surface area contributed by atoms with Gasteiger partial charge in [0.25, 0.3) is 0 Å². The van der Waals surface area contributed by atoms with Gasteiger partial charge in [-0.3, -0.25) is 0 Å². The van der Waals surface area contributed by atoms with E-state index in [0.29, 0.717) is 0 Å². The Labute approximate surface area is 89.8 Å². The van der Waals surface area contributed by atoms with Gasteiger partial charge < -0.3 is 0 Å². The third-order valence-electron chi connectivity index (χ3n) is 2.11. The lowest BCUT2D eigenvalue weighted by molar-refractivity contribution is 0.839. The standard InChI is InChI=1S/C12H14N3/c1-10(2)8-11-4-6-13-12(9-11)15-7-3-5-14-15/h3-7,9H,8H2,1-2H3. The molecular formula is C12H14N3. The maximum Gasteiger partial charge on any atom is 0.153 e. The van der Waals surface area contributed by atoms with Crippen molar-refractivity contribution in [2.24, 2.45) is 0 Å². The van der Waals surface area contributed by atoms with Gasteiger partial charge in [-0.15, -0.1) is 0 Å². The molecule has 0 bridgehead atoms. The lowest BCUT2D eigenvalue weighted by atomic mass is 10.0. The highest BCUT2D eigenvalue weighted by Crippen LogP contribution is 2.11. The molecule has 0 aromatic carbocycles. The summed E-state index contributed by atoms with van der Waals surface area (Å²) < 4.78 is 1.77. The molecule has 1 radical (unpaired) electrons. The summed E-state index contributed by atoms with van der Waals surface area (Å²) in [6.45, 7) is 4.27. The highest BCUT2D eigenvalue weighted by Gasteiger charge is 2.01. The largest absolute Gasteiger partial charge is 0.237 e. The van der Waals surface area contributed by atoms with Crippen LogP contribution in [-0.4, -0.2) is 14.8 Å². The summed E-state index contributed by atoms with van der Waals surface area (Å²) in [5.74, 6) is 2.27. The molecule has 15 heavy (non-hydrogen) atoms. The molecule has 0 unspecified atom stereocenters. The van der Waals surface area contributed by atoms with Crippen LogP contribution in [0.4, 0.5) is 0 Å². The van der Waals surface area contributed by atoms with E-state index in [9.17, 15) is 0 Å². The van der Waals surface area contributed by atoms with Crippen molar-refractivity contribution in [1.82, 2.24) is 14.8 Å². The van der Waals surface area contributed by atoms with Gasteiger partial charge in [-0.1, -0.05) is 13.8 Å². The zero-order valence-corrected chi connectivity index (χ0v) is 9.01. The van der Waals surface area contributed by atoms with Crippen LogP contribution >= 0.6 is 0 Å². The average molecular weight is 200 g/mol. The summed E-state index contributed by atoms with van der Waals surface area (Å²) in [4.78, 5) is 4.28. The van der Waals surface area contributed by atoms with Crippen LogP contribution in [0.25, 0.3) is 5.82 Å². The molecule has 2 heterocycles. The smallest absolute Gasteiger partial charge is 0.153 e. The molecule has 0 saturated heterocycles. The minimum atomic E-state index is 0.874. The molecule has 2 aromatic heterocycles. The number of pyridine rings is 1. The summed E-state index contributed by atoms with van der Waals surface area (Å²) in [5, 5.41) is 4.15. The van der Waals surface area contributed by atoms with Crippen molar-refractivity contribution in [2.75, 3.05) is 0 Å². The lowest BCUT2D eigenvalue weighted by Gasteiger charge is -2.06. The van der Waals surface area contributed by atoms with Crippen LogP contribution in [0, 0.1) is 5.92 Å².